The van der Waals surface area contributed by atoms with Crippen LogP contribution in [0.1, 0.15) is 36.2 Å². The van der Waals surface area contributed by atoms with E-state index in [-0.39, 0.29) is 29.4 Å². The second-order valence-electron chi connectivity index (χ2n) is 7.99. The maximum atomic E-state index is 14.8. The average molecular weight is 442 g/mol. The normalized spacial score (nSPS) is 21.1. The van der Waals surface area contributed by atoms with Crippen LogP contribution in [0.4, 0.5) is 27.4 Å². The summed E-state index contributed by atoms with van der Waals surface area (Å²) in [6.07, 6.45) is 5.60. The first-order valence-electron chi connectivity index (χ1n) is 10.8. The van der Waals surface area contributed by atoms with Gasteiger partial charge in [-0.1, -0.05) is 12.8 Å². The van der Waals surface area contributed by atoms with Crippen LogP contribution < -0.4 is 21.3 Å². The average Bonchev–Trinajstić information content (AvgIpc) is 2.80. The first-order chi connectivity index (χ1) is 15.5. The number of halogens is 1. The maximum absolute atomic E-state index is 14.8. The van der Waals surface area contributed by atoms with Gasteiger partial charge in [-0.25, -0.2) is 14.4 Å². The second-order valence-corrected chi connectivity index (χ2v) is 7.99. The zero-order valence-electron chi connectivity index (χ0n) is 17.9. The monoisotopic (exact) mass is 441 g/mol. The van der Waals surface area contributed by atoms with Crippen molar-refractivity contribution in [1.29, 1.82) is 0 Å². The van der Waals surface area contributed by atoms with E-state index in [0.717, 1.165) is 25.7 Å². The third kappa shape index (κ3) is 4.96. The Kier molecular flexibility index (Phi) is 6.79. The summed E-state index contributed by atoms with van der Waals surface area (Å²) in [5.74, 6) is -0.439. The van der Waals surface area contributed by atoms with Crippen LogP contribution in [0.2, 0.25) is 0 Å². The van der Waals surface area contributed by atoms with Crippen LogP contribution in [-0.4, -0.2) is 61.0 Å². The third-order valence-corrected chi connectivity index (χ3v) is 5.87. The Morgan fingerprint density at radius 1 is 1.28 bits per heavy atom. The summed E-state index contributed by atoms with van der Waals surface area (Å²) in [4.78, 5) is 26.7. The summed E-state index contributed by atoms with van der Waals surface area (Å²) in [5, 5.41) is 6.34. The number of anilines is 4. The molecule has 2 atom stereocenters. The van der Waals surface area contributed by atoms with Crippen LogP contribution >= 0.6 is 0 Å². The first kappa shape index (κ1) is 21.9. The van der Waals surface area contributed by atoms with Crippen molar-refractivity contribution in [3.8, 4) is 0 Å². The maximum Gasteiger partial charge on any atom is 0.271 e. The molecule has 4 N–H and O–H groups in total. The molecule has 1 saturated carbocycles. The molecule has 2 aliphatic rings. The van der Waals surface area contributed by atoms with Gasteiger partial charge >= 0.3 is 0 Å². The fraction of sp³-hybridized carbons (Fsp3) is 0.455. The molecule has 1 aromatic carbocycles. The lowest BCUT2D eigenvalue weighted by molar-refractivity contribution is 0.0996. The molecule has 1 aliphatic heterocycles. The van der Waals surface area contributed by atoms with Crippen molar-refractivity contribution >= 4 is 35.6 Å². The molecule has 0 unspecified atom stereocenters. The van der Waals surface area contributed by atoms with E-state index < -0.39 is 5.91 Å². The van der Waals surface area contributed by atoms with Gasteiger partial charge in [-0.15, -0.1) is 0 Å². The van der Waals surface area contributed by atoms with Crippen molar-refractivity contribution in [2.24, 2.45) is 10.7 Å². The van der Waals surface area contributed by atoms with Crippen molar-refractivity contribution in [1.82, 2.24) is 9.97 Å². The zero-order valence-corrected chi connectivity index (χ0v) is 17.9. The Hall–Kier alpha value is -3.27. The molecule has 170 valence electrons. The van der Waals surface area contributed by atoms with Crippen molar-refractivity contribution in [2.75, 3.05) is 41.8 Å². The van der Waals surface area contributed by atoms with Gasteiger partial charge in [0.25, 0.3) is 5.91 Å². The van der Waals surface area contributed by atoms with Gasteiger partial charge < -0.3 is 26.0 Å². The number of ether oxygens (including phenoxy) is 1. The molecule has 1 aromatic heterocycles. The second kappa shape index (κ2) is 9.90. The highest BCUT2D eigenvalue weighted by Gasteiger charge is 2.25. The van der Waals surface area contributed by atoms with Crippen molar-refractivity contribution in [3.05, 3.63) is 35.9 Å². The number of rotatable bonds is 7. The van der Waals surface area contributed by atoms with Gasteiger partial charge in [0, 0.05) is 24.8 Å². The topological polar surface area (TPSA) is 118 Å². The summed E-state index contributed by atoms with van der Waals surface area (Å²) in [7, 11) is 0. The Bertz CT molecular complexity index is 981. The van der Waals surface area contributed by atoms with Crippen molar-refractivity contribution in [2.45, 2.75) is 37.8 Å². The molecular weight excluding hydrogens is 413 g/mol. The molecule has 4 rings (SSSR count). The van der Waals surface area contributed by atoms with Crippen LogP contribution in [-0.2, 0) is 4.74 Å². The van der Waals surface area contributed by atoms with Gasteiger partial charge in [0.1, 0.15) is 11.6 Å². The van der Waals surface area contributed by atoms with Gasteiger partial charge in [0.05, 0.1) is 31.1 Å². The largest absolute Gasteiger partial charge is 0.378 e. The van der Waals surface area contributed by atoms with E-state index in [9.17, 15) is 9.18 Å². The zero-order chi connectivity index (χ0) is 22.5. The summed E-state index contributed by atoms with van der Waals surface area (Å²) in [5.41, 5.74) is 6.41. The van der Waals surface area contributed by atoms with Crippen LogP contribution in [0, 0.1) is 5.82 Å². The molecule has 1 saturated heterocycles. The van der Waals surface area contributed by atoms with E-state index in [1.165, 1.54) is 12.3 Å². The number of nitrogens with zero attached hydrogens (tertiary/aromatic N) is 4. The molecule has 1 aliphatic carbocycles. The van der Waals surface area contributed by atoms with Gasteiger partial charge in [0.2, 0.25) is 0 Å². The lowest BCUT2D eigenvalue weighted by atomic mass is 9.91. The lowest BCUT2D eigenvalue weighted by Crippen LogP contribution is -2.36. The van der Waals surface area contributed by atoms with E-state index >= 15 is 0 Å². The lowest BCUT2D eigenvalue weighted by Gasteiger charge is -2.29. The van der Waals surface area contributed by atoms with Crippen LogP contribution in [0.3, 0.4) is 0 Å². The quantitative estimate of drug-likeness (QED) is 0.566. The van der Waals surface area contributed by atoms with Crippen LogP contribution in [0.15, 0.2) is 29.4 Å². The Morgan fingerprint density at radius 3 is 2.78 bits per heavy atom. The number of primary amides is 1. The first-order valence-corrected chi connectivity index (χ1v) is 10.8. The Morgan fingerprint density at radius 2 is 2.06 bits per heavy atom. The summed E-state index contributed by atoms with van der Waals surface area (Å²) >= 11 is 0. The molecule has 32 heavy (non-hydrogen) atoms. The number of benzene rings is 1. The smallest absolute Gasteiger partial charge is 0.271 e. The highest BCUT2D eigenvalue weighted by atomic mass is 19.1. The standard InChI is InChI=1S/C22H28FN7O2/c1-25-16-4-2-3-5-17(16)28-19-13-26-20(21(24)31)22(29-19)27-14-6-7-18(15(23)12-14)30-8-10-32-11-9-30/h6-7,12-13,16-17H,1-5,8-11H2,(H2,24,31)(H2,27,28,29)/t16-,17+/m0/s1. The number of hydrogen-bond acceptors (Lipinski definition) is 8. The number of morpholine rings is 1. The summed E-state index contributed by atoms with van der Waals surface area (Å²) < 4.78 is 20.1. The highest BCUT2D eigenvalue weighted by Crippen LogP contribution is 2.28. The summed E-state index contributed by atoms with van der Waals surface area (Å²) in [6, 6.07) is 4.99. The predicted molar refractivity (Wildman–Crippen MR) is 122 cm³/mol. The molecule has 2 heterocycles. The van der Waals surface area contributed by atoms with E-state index in [0.29, 0.717) is 43.5 Å². The van der Waals surface area contributed by atoms with Gasteiger partial charge in [-0.2, -0.15) is 0 Å². The molecule has 2 fully saturated rings. The van der Waals surface area contributed by atoms with Crippen LogP contribution in [0.25, 0.3) is 0 Å². The Labute approximate surface area is 186 Å². The van der Waals surface area contributed by atoms with Gasteiger partial charge in [0.15, 0.2) is 11.5 Å². The van der Waals surface area contributed by atoms with E-state index in [4.69, 9.17) is 10.5 Å². The minimum absolute atomic E-state index is 0.0183. The number of carbonyl (C=O) groups is 1. The molecule has 0 bridgehead atoms. The highest BCUT2D eigenvalue weighted by molar-refractivity contribution is 5.96. The number of aromatic nitrogens is 2. The number of nitrogens with two attached hydrogens (primary N) is 1. The third-order valence-electron chi connectivity index (χ3n) is 5.87. The molecular formula is C22H28FN7O2. The molecule has 1 amide bonds. The minimum Gasteiger partial charge on any atom is -0.378 e. The van der Waals surface area contributed by atoms with Crippen molar-refractivity contribution in [3.63, 3.8) is 0 Å². The fourth-order valence-electron chi connectivity index (χ4n) is 4.20. The van der Waals surface area contributed by atoms with Gasteiger partial charge in [-0.05, 0) is 37.8 Å². The SMILES string of the molecule is C=N[C@H]1CCCC[C@H]1Nc1cnc(C(N)=O)c(Nc2ccc(N3CCOCC3)c(F)c2)n1. The van der Waals surface area contributed by atoms with E-state index in [1.54, 1.807) is 12.1 Å². The number of amides is 1. The number of carbonyl (C=O) groups excluding carboxylic acids is 1. The van der Waals surface area contributed by atoms with Gasteiger partial charge in [-0.3, -0.25) is 9.79 Å². The van der Waals surface area contributed by atoms with E-state index in [2.05, 4.69) is 32.3 Å². The van der Waals surface area contributed by atoms with E-state index in [1.807, 2.05) is 4.90 Å². The predicted octanol–water partition coefficient (Wildman–Crippen LogP) is 2.72. The molecule has 2 aromatic rings. The van der Waals surface area contributed by atoms with Crippen LogP contribution in [0.5, 0.6) is 0 Å². The molecule has 10 heteroatoms. The fourth-order valence-corrected chi connectivity index (χ4v) is 4.20. The summed E-state index contributed by atoms with van der Waals surface area (Å²) in [6.45, 7) is 6.10. The molecule has 0 spiro atoms. The number of nitrogens with one attached hydrogen (secondary N) is 2. The molecule has 9 nitrogen and oxygen atoms in total. The number of hydrogen-bond donors (Lipinski definition) is 3. The molecule has 0 radical (unpaired) electrons. The Balaban J connectivity index is 1.55. The number of aliphatic imine (C=N–C) groups is 1. The van der Waals surface area contributed by atoms with Crippen molar-refractivity contribution < 1.29 is 13.9 Å². The minimum atomic E-state index is -0.722.